The quantitative estimate of drug-likeness (QED) is 0.503. The predicted molar refractivity (Wildman–Crippen MR) is 131 cm³/mol. The first-order valence-corrected chi connectivity index (χ1v) is 11.7. The number of halogens is 1. The van der Waals surface area contributed by atoms with E-state index in [2.05, 4.69) is 15.5 Å². The van der Waals surface area contributed by atoms with Crippen LogP contribution in [0.5, 0.6) is 5.75 Å². The molecule has 2 N–H and O–H groups in total. The average Bonchev–Trinajstić information content (AvgIpc) is 3.06. The van der Waals surface area contributed by atoms with Gasteiger partial charge >= 0.3 is 6.03 Å². The highest BCUT2D eigenvalue weighted by Crippen LogP contribution is 2.30. The van der Waals surface area contributed by atoms with Crippen LogP contribution in [0, 0.1) is 0 Å². The standard InChI is InChI=1S/C25H31ClN4O4/c1-5-29(6-2)21(19-9-7-8-10-20(19)26)15-27-22(31)16-30-23(32)25(3,28-24(30)33)17-11-13-18(34-4)14-12-17/h7-14,21H,5-6,15-16H2,1-4H3,(H,27,31)(H,28,33). The summed E-state index contributed by atoms with van der Waals surface area (Å²) in [7, 11) is 1.55. The van der Waals surface area contributed by atoms with Gasteiger partial charge in [-0.1, -0.05) is 55.8 Å². The Hall–Kier alpha value is -3.10. The summed E-state index contributed by atoms with van der Waals surface area (Å²) in [5.74, 6) is -0.266. The lowest BCUT2D eigenvalue weighted by Gasteiger charge is -2.31. The van der Waals surface area contributed by atoms with Crippen molar-refractivity contribution >= 4 is 29.4 Å². The molecule has 3 rings (SSSR count). The van der Waals surface area contributed by atoms with Gasteiger partial charge in [0.2, 0.25) is 5.91 Å². The second kappa shape index (κ2) is 10.9. The molecule has 2 atom stereocenters. The first kappa shape index (κ1) is 25.5. The van der Waals surface area contributed by atoms with Gasteiger partial charge in [0.15, 0.2) is 0 Å². The van der Waals surface area contributed by atoms with Gasteiger partial charge in [0.05, 0.1) is 13.2 Å². The van der Waals surface area contributed by atoms with Gasteiger partial charge in [-0.15, -0.1) is 0 Å². The van der Waals surface area contributed by atoms with E-state index >= 15 is 0 Å². The Morgan fingerprint density at radius 3 is 2.38 bits per heavy atom. The third-order valence-electron chi connectivity index (χ3n) is 6.25. The van der Waals surface area contributed by atoms with Crippen LogP contribution in [-0.2, 0) is 15.1 Å². The van der Waals surface area contributed by atoms with Crippen molar-refractivity contribution in [3.8, 4) is 5.75 Å². The van der Waals surface area contributed by atoms with Crippen LogP contribution in [0.15, 0.2) is 48.5 Å². The van der Waals surface area contributed by atoms with Gasteiger partial charge in [0.1, 0.15) is 17.8 Å². The van der Waals surface area contributed by atoms with Gasteiger partial charge in [-0.3, -0.25) is 19.4 Å². The highest BCUT2D eigenvalue weighted by molar-refractivity contribution is 6.31. The highest BCUT2D eigenvalue weighted by atomic mass is 35.5. The molecule has 2 aromatic rings. The predicted octanol–water partition coefficient (Wildman–Crippen LogP) is 3.31. The Morgan fingerprint density at radius 1 is 1.15 bits per heavy atom. The number of rotatable bonds is 10. The van der Waals surface area contributed by atoms with Gasteiger partial charge < -0.3 is 15.4 Å². The van der Waals surface area contributed by atoms with Crippen molar-refractivity contribution in [1.82, 2.24) is 20.4 Å². The van der Waals surface area contributed by atoms with Gasteiger partial charge in [0, 0.05) is 11.6 Å². The van der Waals surface area contributed by atoms with Crippen molar-refractivity contribution in [3.05, 3.63) is 64.7 Å². The number of methoxy groups -OCH3 is 1. The molecule has 0 aliphatic carbocycles. The topological polar surface area (TPSA) is 91.0 Å². The fourth-order valence-corrected chi connectivity index (χ4v) is 4.48. The number of urea groups is 1. The minimum Gasteiger partial charge on any atom is -0.497 e. The van der Waals surface area contributed by atoms with Crippen molar-refractivity contribution in [2.45, 2.75) is 32.4 Å². The number of nitrogens with zero attached hydrogens (tertiary/aromatic N) is 2. The van der Waals surface area contributed by atoms with Gasteiger partial charge in [0.25, 0.3) is 5.91 Å². The van der Waals surface area contributed by atoms with E-state index in [-0.39, 0.29) is 12.6 Å². The monoisotopic (exact) mass is 486 g/mol. The number of carbonyl (C=O) groups is 3. The van der Waals surface area contributed by atoms with E-state index in [1.165, 1.54) is 0 Å². The van der Waals surface area contributed by atoms with E-state index < -0.39 is 23.4 Å². The molecule has 0 aromatic heterocycles. The van der Waals surface area contributed by atoms with Gasteiger partial charge in [-0.05, 0) is 49.3 Å². The number of hydrogen-bond donors (Lipinski definition) is 2. The summed E-state index contributed by atoms with van der Waals surface area (Å²) in [4.78, 5) is 41.7. The molecule has 4 amide bonds. The number of hydrogen-bond acceptors (Lipinski definition) is 5. The van der Waals surface area contributed by atoms with Crippen molar-refractivity contribution < 1.29 is 19.1 Å². The molecule has 0 bridgehead atoms. The average molecular weight is 487 g/mol. The number of carbonyl (C=O) groups excluding carboxylic acids is 3. The molecule has 1 saturated heterocycles. The Morgan fingerprint density at radius 2 is 1.79 bits per heavy atom. The zero-order valence-electron chi connectivity index (χ0n) is 19.9. The molecular formula is C25H31ClN4O4. The minimum atomic E-state index is -1.26. The van der Waals surface area contributed by atoms with Crippen LogP contribution in [0.25, 0.3) is 0 Å². The summed E-state index contributed by atoms with van der Waals surface area (Å²) >= 11 is 6.42. The summed E-state index contributed by atoms with van der Waals surface area (Å²) in [5.41, 5.74) is 0.260. The van der Waals surface area contributed by atoms with Crippen molar-refractivity contribution in [2.75, 3.05) is 33.3 Å². The second-order valence-corrected chi connectivity index (χ2v) is 8.64. The number of amides is 4. The van der Waals surface area contributed by atoms with Crippen LogP contribution in [-0.4, -0.2) is 60.9 Å². The fourth-order valence-electron chi connectivity index (χ4n) is 4.22. The molecule has 8 nitrogen and oxygen atoms in total. The lowest BCUT2D eigenvalue weighted by atomic mass is 9.92. The molecule has 0 radical (unpaired) electrons. The zero-order valence-corrected chi connectivity index (χ0v) is 20.7. The molecule has 2 unspecified atom stereocenters. The van der Waals surface area contributed by atoms with E-state index in [0.29, 0.717) is 22.9 Å². The maximum atomic E-state index is 13.1. The Kier molecular flexibility index (Phi) is 8.17. The number of ether oxygens (including phenoxy) is 1. The molecule has 1 aliphatic rings. The molecule has 0 saturated carbocycles. The Labute approximate surface area is 205 Å². The third kappa shape index (κ3) is 5.18. The number of benzene rings is 2. The van der Waals surface area contributed by atoms with E-state index in [4.69, 9.17) is 16.3 Å². The lowest BCUT2D eigenvalue weighted by Crippen LogP contribution is -2.45. The van der Waals surface area contributed by atoms with Gasteiger partial charge in [-0.25, -0.2) is 4.79 Å². The first-order valence-electron chi connectivity index (χ1n) is 11.3. The summed E-state index contributed by atoms with van der Waals surface area (Å²) in [6, 6.07) is 13.7. The molecule has 2 aromatic carbocycles. The second-order valence-electron chi connectivity index (χ2n) is 8.24. The number of imide groups is 1. The van der Waals surface area contributed by atoms with Crippen LogP contribution in [0.1, 0.15) is 37.9 Å². The maximum absolute atomic E-state index is 13.1. The largest absolute Gasteiger partial charge is 0.497 e. The number of likely N-dealkylation sites (N-methyl/N-ethyl adjacent to an activating group) is 1. The first-order chi connectivity index (χ1) is 16.2. The molecular weight excluding hydrogens is 456 g/mol. The van der Waals surface area contributed by atoms with Crippen LogP contribution >= 0.6 is 11.6 Å². The Bertz CT molecular complexity index is 1040. The summed E-state index contributed by atoms with van der Waals surface area (Å²) < 4.78 is 5.16. The SMILES string of the molecule is CCN(CC)C(CNC(=O)CN1C(=O)NC(C)(c2ccc(OC)cc2)C1=O)c1ccccc1Cl. The minimum absolute atomic E-state index is 0.139. The van der Waals surface area contributed by atoms with E-state index in [1.54, 1.807) is 38.3 Å². The molecule has 0 spiro atoms. The maximum Gasteiger partial charge on any atom is 0.325 e. The van der Waals surface area contributed by atoms with Crippen molar-refractivity contribution in [3.63, 3.8) is 0 Å². The lowest BCUT2D eigenvalue weighted by molar-refractivity contribution is -0.134. The zero-order chi connectivity index (χ0) is 24.9. The molecule has 9 heteroatoms. The fraction of sp³-hybridized carbons (Fsp3) is 0.400. The summed E-state index contributed by atoms with van der Waals surface area (Å²) in [5, 5.41) is 6.22. The Balaban J connectivity index is 1.70. The molecule has 1 heterocycles. The smallest absolute Gasteiger partial charge is 0.325 e. The highest BCUT2D eigenvalue weighted by Gasteiger charge is 2.49. The van der Waals surface area contributed by atoms with Crippen LogP contribution < -0.4 is 15.4 Å². The van der Waals surface area contributed by atoms with Crippen LogP contribution in [0.2, 0.25) is 5.02 Å². The molecule has 1 aliphatic heterocycles. The summed E-state index contributed by atoms with van der Waals surface area (Å²) in [6.45, 7) is 7.18. The van der Waals surface area contributed by atoms with E-state index in [1.807, 2.05) is 38.1 Å². The normalized spacial score (nSPS) is 18.7. The van der Waals surface area contributed by atoms with Gasteiger partial charge in [-0.2, -0.15) is 0 Å². The number of nitrogens with one attached hydrogen (secondary N) is 2. The van der Waals surface area contributed by atoms with E-state index in [9.17, 15) is 14.4 Å². The van der Waals surface area contributed by atoms with E-state index in [0.717, 1.165) is 23.6 Å². The molecule has 1 fully saturated rings. The molecule has 34 heavy (non-hydrogen) atoms. The third-order valence-corrected chi connectivity index (χ3v) is 6.60. The van der Waals surface area contributed by atoms with Crippen molar-refractivity contribution in [1.29, 1.82) is 0 Å². The summed E-state index contributed by atoms with van der Waals surface area (Å²) in [6.07, 6.45) is 0. The van der Waals surface area contributed by atoms with Crippen LogP contribution in [0.4, 0.5) is 4.79 Å². The van der Waals surface area contributed by atoms with Crippen LogP contribution in [0.3, 0.4) is 0 Å². The molecule has 182 valence electrons. The van der Waals surface area contributed by atoms with Crippen molar-refractivity contribution in [2.24, 2.45) is 0 Å².